The Balaban J connectivity index is 1.85. The van der Waals surface area contributed by atoms with Crippen molar-refractivity contribution in [1.29, 1.82) is 0 Å². The highest BCUT2D eigenvalue weighted by atomic mass is 35.5. The van der Waals surface area contributed by atoms with E-state index in [9.17, 15) is 4.79 Å². The topological polar surface area (TPSA) is 67.4 Å². The molecule has 1 aliphatic heterocycles. The molecule has 0 aromatic carbocycles. The number of halogens is 1. The van der Waals surface area contributed by atoms with Gasteiger partial charge in [0.05, 0.1) is 13.2 Å². The number of ether oxygens (including phenoxy) is 1. The summed E-state index contributed by atoms with van der Waals surface area (Å²) in [5, 5.41) is 3.68. The highest BCUT2D eigenvalue weighted by Crippen LogP contribution is 2.21. The first kappa shape index (κ1) is 16.0. The van der Waals surface area contributed by atoms with Crippen LogP contribution in [0.3, 0.4) is 0 Å². The number of aromatic nitrogens is 2. The van der Waals surface area contributed by atoms with Gasteiger partial charge in [0.25, 0.3) is 0 Å². The summed E-state index contributed by atoms with van der Waals surface area (Å²) in [6.07, 6.45) is 3.66. The summed E-state index contributed by atoms with van der Waals surface area (Å²) in [7, 11) is 0. The quantitative estimate of drug-likeness (QED) is 0.811. The first-order valence-electron chi connectivity index (χ1n) is 7.31. The van der Waals surface area contributed by atoms with Crippen LogP contribution < -0.4 is 5.32 Å². The van der Waals surface area contributed by atoms with Crippen LogP contribution in [0.1, 0.15) is 25.3 Å². The molecule has 21 heavy (non-hydrogen) atoms. The van der Waals surface area contributed by atoms with Crippen LogP contribution in [0.2, 0.25) is 5.15 Å². The van der Waals surface area contributed by atoms with E-state index in [0.717, 1.165) is 24.2 Å². The van der Waals surface area contributed by atoms with Crippen molar-refractivity contribution in [2.75, 3.05) is 38.2 Å². The number of amides is 1. The minimum absolute atomic E-state index is 0.142. The Kier molecular flexibility index (Phi) is 6.20. The fourth-order valence-corrected chi connectivity index (χ4v) is 2.50. The molecule has 1 aromatic rings. The first-order chi connectivity index (χ1) is 10.2. The molecule has 7 heteroatoms. The van der Waals surface area contributed by atoms with Crippen LogP contribution in [0.5, 0.6) is 0 Å². The Labute approximate surface area is 129 Å². The van der Waals surface area contributed by atoms with Gasteiger partial charge in [-0.3, -0.25) is 4.79 Å². The zero-order valence-electron chi connectivity index (χ0n) is 12.3. The van der Waals surface area contributed by atoms with Crippen molar-refractivity contribution in [3.8, 4) is 0 Å². The van der Waals surface area contributed by atoms with Gasteiger partial charge in [-0.25, -0.2) is 9.97 Å². The predicted molar refractivity (Wildman–Crippen MR) is 81.5 cm³/mol. The maximum atomic E-state index is 12.0. The lowest BCUT2D eigenvalue weighted by molar-refractivity contribution is -0.134. The smallest absolute Gasteiger partial charge is 0.224 e. The molecule has 1 fully saturated rings. The van der Waals surface area contributed by atoms with Gasteiger partial charge in [-0.2, -0.15) is 0 Å². The summed E-state index contributed by atoms with van der Waals surface area (Å²) in [5.41, 5.74) is 0.917. The average Bonchev–Trinajstić information content (AvgIpc) is 2.51. The Morgan fingerprint density at radius 3 is 2.90 bits per heavy atom. The Morgan fingerprint density at radius 2 is 2.19 bits per heavy atom. The fraction of sp³-hybridized carbons (Fsp3) is 0.643. The highest BCUT2D eigenvalue weighted by molar-refractivity contribution is 6.30. The third-order valence-corrected chi connectivity index (χ3v) is 3.71. The number of anilines is 1. The average molecular weight is 313 g/mol. The van der Waals surface area contributed by atoms with Gasteiger partial charge in [0.2, 0.25) is 5.91 Å². The lowest BCUT2D eigenvalue weighted by Crippen LogP contribution is -2.41. The number of morpholine rings is 1. The molecule has 1 aromatic heterocycles. The number of nitrogens with one attached hydrogen (secondary N) is 1. The van der Waals surface area contributed by atoms with E-state index in [4.69, 9.17) is 16.3 Å². The lowest BCUT2D eigenvalue weighted by atomic mass is 10.2. The fourth-order valence-electron chi connectivity index (χ4n) is 2.27. The monoisotopic (exact) mass is 312 g/mol. The molecule has 6 nitrogen and oxygen atoms in total. The van der Waals surface area contributed by atoms with Crippen molar-refractivity contribution in [3.05, 3.63) is 17.0 Å². The van der Waals surface area contributed by atoms with E-state index in [-0.39, 0.29) is 5.91 Å². The normalized spacial score (nSPS) is 15.0. The van der Waals surface area contributed by atoms with Gasteiger partial charge in [-0.15, -0.1) is 0 Å². The zero-order valence-corrected chi connectivity index (χ0v) is 13.0. The van der Waals surface area contributed by atoms with Crippen molar-refractivity contribution >= 4 is 23.3 Å². The van der Waals surface area contributed by atoms with Crippen molar-refractivity contribution in [2.24, 2.45) is 0 Å². The summed E-state index contributed by atoms with van der Waals surface area (Å²) in [6.45, 7) is 5.23. The molecular formula is C14H21ClN4O2. The van der Waals surface area contributed by atoms with Crippen molar-refractivity contribution in [2.45, 2.75) is 26.2 Å². The standard InChI is InChI=1S/C14H21ClN4O2/c1-2-3-11-13(15)17-10-18-14(11)16-5-4-12(20)19-6-8-21-9-7-19/h10H,2-9H2,1H3,(H,16,17,18). The molecule has 1 saturated heterocycles. The second-order valence-electron chi connectivity index (χ2n) is 4.91. The van der Waals surface area contributed by atoms with Crippen LogP contribution in [-0.4, -0.2) is 53.6 Å². The van der Waals surface area contributed by atoms with Crippen LogP contribution in [0.4, 0.5) is 5.82 Å². The molecule has 1 N–H and O–H groups in total. The largest absolute Gasteiger partial charge is 0.378 e. The minimum atomic E-state index is 0.142. The molecule has 0 unspecified atom stereocenters. The van der Waals surface area contributed by atoms with E-state index in [2.05, 4.69) is 22.2 Å². The van der Waals surface area contributed by atoms with Crippen molar-refractivity contribution in [3.63, 3.8) is 0 Å². The Hall–Kier alpha value is -1.40. The van der Waals surface area contributed by atoms with Gasteiger partial charge < -0.3 is 15.0 Å². The number of rotatable bonds is 6. The molecule has 0 radical (unpaired) electrons. The molecule has 0 atom stereocenters. The van der Waals surface area contributed by atoms with E-state index < -0.39 is 0 Å². The third-order valence-electron chi connectivity index (χ3n) is 3.39. The van der Waals surface area contributed by atoms with Crippen LogP contribution >= 0.6 is 11.6 Å². The minimum Gasteiger partial charge on any atom is -0.378 e. The van der Waals surface area contributed by atoms with E-state index in [0.29, 0.717) is 44.4 Å². The highest BCUT2D eigenvalue weighted by Gasteiger charge is 2.16. The Morgan fingerprint density at radius 1 is 1.43 bits per heavy atom. The van der Waals surface area contributed by atoms with Gasteiger partial charge in [0, 0.05) is 31.6 Å². The van der Waals surface area contributed by atoms with Crippen molar-refractivity contribution in [1.82, 2.24) is 14.9 Å². The van der Waals surface area contributed by atoms with Gasteiger partial charge in [-0.05, 0) is 6.42 Å². The second-order valence-corrected chi connectivity index (χ2v) is 5.27. The molecule has 2 heterocycles. The van der Waals surface area contributed by atoms with Gasteiger partial charge in [0.15, 0.2) is 0 Å². The third kappa shape index (κ3) is 4.54. The van der Waals surface area contributed by atoms with E-state index >= 15 is 0 Å². The van der Waals surface area contributed by atoms with Crippen LogP contribution in [0, 0.1) is 0 Å². The summed E-state index contributed by atoms with van der Waals surface area (Å²) >= 11 is 6.09. The van der Waals surface area contributed by atoms with E-state index in [1.54, 1.807) is 0 Å². The molecular weight excluding hydrogens is 292 g/mol. The van der Waals surface area contributed by atoms with Crippen LogP contribution in [-0.2, 0) is 16.0 Å². The first-order valence-corrected chi connectivity index (χ1v) is 7.69. The van der Waals surface area contributed by atoms with Crippen LogP contribution in [0.15, 0.2) is 6.33 Å². The van der Waals surface area contributed by atoms with Gasteiger partial charge in [0.1, 0.15) is 17.3 Å². The number of nitrogens with zero attached hydrogens (tertiary/aromatic N) is 3. The van der Waals surface area contributed by atoms with Crippen LogP contribution in [0.25, 0.3) is 0 Å². The lowest BCUT2D eigenvalue weighted by Gasteiger charge is -2.27. The molecule has 1 amide bonds. The summed E-state index contributed by atoms with van der Waals surface area (Å²) in [6, 6.07) is 0. The molecule has 1 aliphatic rings. The number of carbonyl (C=O) groups excluding carboxylic acids is 1. The predicted octanol–water partition coefficient (Wildman–Crippen LogP) is 1.74. The molecule has 2 rings (SSSR count). The molecule has 0 bridgehead atoms. The zero-order chi connectivity index (χ0) is 15.1. The van der Waals surface area contributed by atoms with Gasteiger partial charge in [-0.1, -0.05) is 24.9 Å². The summed E-state index contributed by atoms with van der Waals surface area (Å²) < 4.78 is 5.24. The van der Waals surface area contributed by atoms with Gasteiger partial charge >= 0.3 is 0 Å². The van der Waals surface area contributed by atoms with E-state index in [1.807, 2.05) is 4.90 Å². The maximum Gasteiger partial charge on any atom is 0.224 e. The van der Waals surface area contributed by atoms with Crippen molar-refractivity contribution < 1.29 is 9.53 Å². The molecule has 116 valence electrons. The number of hydrogen-bond donors (Lipinski definition) is 1. The molecule has 0 spiro atoms. The number of carbonyl (C=O) groups is 1. The molecule has 0 saturated carbocycles. The SMILES string of the molecule is CCCc1c(Cl)ncnc1NCCC(=O)N1CCOCC1. The summed E-state index contributed by atoms with van der Waals surface area (Å²) in [4.78, 5) is 22.1. The summed E-state index contributed by atoms with van der Waals surface area (Å²) in [5.74, 6) is 0.870. The Bertz CT molecular complexity index is 478. The number of hydrogen-bond acceptors (Lipinski definition) is 5. The molecule has 0 aliphatic carbocycles. The van der Waals surface area contributed by atoms with E-state index in [1.165, 1.54) is 6.33 Å². The second kappa shape index (κ2) is 8.14. The maximum absolute atomic E-state index is 12.0.